The summed E-state index contributed by atoms with van der Waals surface area (Å²) in [6, 6.07) is 6.05. The van der Waals surface area contributed by atoms with Crippen molar-refractivity contribution < 1.29 is 13.2 Å². The third-order valence-electron chi connectivity index (χ3n) is 3.05. The highest BCUT2D eigenvalue weighted by Crippen LogP contribution is 2.17. The van der Waals surface area contributed by atoms with Gasteiger partial charge in [0.15, 0.2) is 9.84 Å². The Hall–Kier alpha value is -2.35. The second kappa shape index (κ2) is 5.57. The number of rotatable bonds is 4. The van der Waals surface area contributed by atoms with Gasteiger partial charge in [0.25, 0.3) is 5.91 Å². The summed E-state index contributed by atoms with van der Waals surface area (Å²) >= 11 is 0. The van der Waals surface area contributed by atoms with E-state index in [0.29, 0.717) is 0 Å². The number of nitrogens with zero attached hydrogens (tertiary/aromatic N) is 1. The number of nitrogens with two attached hydrogens (primary N) is 1. The second-order valence-corrected chi connectivity index (χ2v) is 6.75. The molecule has 112 valence electrons. The number of benzene rings is 1. The molecule has 0 radical (unpaired) electrons. The molecule has 1 atom stereocenters. The van der Waals surface area contributed by atoms with Crippen molar-refractivity contribution >= 4 is 21.4 Å². The molecule has 21 heavy (non-hydrogen) atoms. The van der Waals surface area contributed by atoms with E-state index in [2.05, 4.69) is 15.5 Å². The number of carbonyl (C=O) groups excluding carboxylic acids is 1. The number of carbonyl (C=O) groups is 1. The Morgan fingerprint density at radius 1 is 1.33 bits per heavy atom. The third-order valence-corrected chi connectivity index (χ3v) is 4.18. The highest BCUT2D eigenvalue weighted by Gasteiger charge is 2.16. The molecule has 0 saturated heterocycles. The van der Waals surface area contributed by atoms with E-state index in [0.717, 1.165) is 11.8 Å². The molecule has 8 heteroatoms. The van der Waals surface area contributed by atoms with Crippen LogP contribution in [0.15, 0.2) is 35.4 Å². The maximum absolute atomic E-state index is 12.0. The van der Waals surface area contributed by atoms with Crippen molar-refractivity contribution in [3.05, 3.63) is 41.7 Å². The Morgan fingerprint density at radius 3 is 2.43 bits per heavy atom. The van der Waals surface area contributed by atoms with Gasteiger partial charge in [-0.3, -0.25) is 9.89 Å². The molecular formula is C13H16N4O3S. The van der Waals surface area contributed by atoms with E-state index < -0.39 is 9.84 Å². The van der Waals surface area contributed by atoms with Gasteiger partial charge in [0, 0.05) is 6.26 Å². The minimum atomic E-state index is -3.23. The van der Waals surface area contributed by atoms with Crippen LogP contribution in [0.4, 0.5) is 5.69 Å². The molecule has 1 unspecified atom stereocenters. The van der Waals surface area contributed by atoms with Gasteiger partial charge in [0.05, 0.1) is 22.8 Å². The van der Waals surface area contributed by atoms with Gasteiger partial charge in [0.2, 0.25) is 0 Å². The summed E-state index contributed by atoms with van der Waals surface area (Å²) in [6.07, 6.45) is 2.51. The quantitative estimate of drug-likeness (QED) is 0.775. The average Bonchev–Trinajstić information content (AvgIpc) is 2.84. The Kier molecular flexibility index (Phi) is 3.99. The predicted molar refractivity (Wildman–Crippen MR) is 78.4 cm³/mol. The van der Waals surface area contributed by atoms with Crippen molar-refractivity contribution in [1.29, 1.82) is 0 Å². The van der Waals surface area contributed by atoms with Crippen LogP contribution in [0.1, 0.15) is 29.0 Å². The van der Waals surface area contributed by atoms with E-state index in [4.69, 9.17) is 5.73 Å². The van der Waals surface area contributed by atoms with Crippen LogP contribution in [0.2, 0.25) is 0 Å². The number of amides is 1. The molecule has 4 N–H and O–H groups in total. The number of H-pyrrole nitrogens is 1. The van der Waals surface area contributed by atoms with E-state index in [9.17, 15) is 13.2 Å². The normalized spacial score (nSPS) is 12.9. The van der Waals surface area contributed by atoms with Crippen LogP contribution in [-0.4, -0.2) is 30.8 Å². The molecule has 1 amide bonds. The van der Waals surface area contributed by atoms with Gasteiger partial charge in [-0.25, -0.2) is 8.42 Å². The first-order chi connectivity index (χ1) is 9.79. The largest absolute Gasteiger partial charge is 0.396 e. The number of nitrogens with one attached hydrogen (secondary N) is 2. The van der Waals surface area contributed by atoms with Crippen LogP contribution in [0.25, 0.3) is 0 Å². The van der Waals surface area contributed by atoms with E-state index >= 15 is 0 Å². The lowest BCUT2D eigenvalue weighted by molar-refractivity contribution is 0.0935. The number of hydrogen-bond donors (Lipinski definition) is 3. The topological polar surface area (TPSA) is 118 Å². The lowest BCUT2D eigenvalue weighted by Gasteiger charge is -2.14. The van der Waals surface area contributed by atoms with Crippen LogP contribution in [0.3, 0.4) is 0 Å². The fourth-order valence-electron chi connectivity index (χ4n) is 1.83. The molecule has 2 rings (SSSR count). The van der Waals surface area contributed by atoms with E-state index in [1.807, 2.05) is 0 Å². The number of nitrogen functional groups attached to an aromatic ring is 1. The Labute approximate surface area is 122 Å². The molecule has 1 aromatic carbocycles. The zero-order chi connectivity index (χ0) is 15.6. The first-order valence-electron chi connectivity index (χ1n) is 6.19. The van der Waals surface area contributed by atoms with Crippen molar-refractivity contribution in [3.8, 4) is 0 Å². The van der Waals surface area contributed by atoms with Gasteiger partial charge >= 0.3 is 0 Å². The molecular weight excluding hydrogens is 292 g/mol. The van der Waals surface area contributed by atoms with Gasteiger partial charge in [-0.2, -0.15) is 5.10 Å². The number of aromatic amines is 1. The zero-order valence-corrected chi connectivity index (χ0v) is 12.4. The van der Waals surface area contributed by atoms with Crippen molar-refractivity contribution in [2.75, 3.05) is 12.0 Å². The van der Waals surface area contributed by atoms with Crippen LogP contribution < -0.4 is 11.1 Å². The van der Waals surface area contributed by atoms with Crippen LogP contribution in [0.5, 0.6) is 0 Å². The maximum Gasteiger partial charge on any atom is 0.271 e. The van der Waals surface area contributed by atoms with Gasteiger partial charge in [-0.1, -0.05) is 12.1 Å². The molecule has 1 aromatic heterocycles. The molecule has 7 nitrogen and oxygen atoms in total. The summed E-state index contributed by atoms with van der Waals surface area (Å²) in [7, 11) is -3.23. The van der Waals surface area contributed by atoms with Gasteiger partial charge in [-0.05, 0) is 24.6 Å². The van der Waals surface area contributed by atoms with E-state index in [-0.39, 0.29) is 28.2 Å². The average molecular weight is 308 g/mol. The summed E-state index contributed by atoms with van der Waals surface area (Å²) in [5.41, 5.74) is 6.86. The molecule has 0 saturated carbocycles. The third kappa shape index (κ3) is 3.40. The molecule has 0 aliphatic rings. The highest BCUT2D eigenvalue weighted by atomic mass is 32.2. The van der Waals surface area contributed by atoms with E-state index in [1.165, 1.54) is 18.3 Å². The number of hydrogen-bond acceptors (Lipinski definition) is 5. The fourth-order valence-corrected chi connectivity index (χ4v) is 2.46. The minimum Gasteiger partial charge on any atom is -0.396 e. The van der Waals surface area contributed by atoms with Gasteiger partial charge < -0.3 is 11.1 Å². The number of aromatic nitrogens is 2. The minimum absolute atomic E-state index is 0.203. The van der Waals surface area contributed by atoms with Crippen molar-refractivity contribution in [1.82, 2.24) is 15.5 Å². The molecule has 2 aromatic rings. The molecule has 1 heterocycles. The first kappa shape index (κ1) is 15.0. The van der Waals surface area contributed by atoms with E-state index in [1.54, 1.807) is 19.1 Å². The molecule has 0 bridgehead atoms. The van der Waals surface area contributed by atoms with Gasteiger partial charge in [0.1, 0.15) is 5.69 Å². The Bertz CT molecular complexity index is 750. The second-order valence-electron chi connectivity index (χ2n) is 4.74. The standard InChI is InChI=1S/C13H16N4O3S/c1-8(16-13(18)12-11(14)7-15-17-12)9-3-5-10(6-4-9)21(2,19)20/h3-8H,14H2,1-2H3,(H,15,17)(H,16,18). The molecule has 0 spiro atoms. The molecule has 0 fully saturated rings. The van der Waals surface area contributed by atoms with Crippen molar-refractivity contribution in [2.45, 2.75) is 17.9 Å². The molecule has 0 aliphatic heterocycles. The zero-order valence-electron chi connectivity index (χ0n) is 11.6. The first-order valence-corrected chi connectivity index (χ1v) is 8.08. The van der Waals surface area contributed by atoms with Crippen molar-refractivity contribution in [3.63, 3.8) is 0 Å². The van der Waals surface area contributed by atoms with Gasteiger partial charge in [-0.15, -0.1) is 0 Å². The summed E-state index contributed by atoms with van der Waals surface area (Å²) in [5.74, 6) is -0.371. The Morgan fingerprint density at radius 2 is 1.95 bits per heavy atom. The smallest absolute Gasteiger partial charge is 0.271 e. The SMILES string of the molecule is CC(NC(=O)c1[nH]ncc1N)c1ccc(S(C)(=O)=O)cc1. The monoisotopic (exact) mass is 308 g/mol. The lowest BCUT2D eigenvalue weighted by Crippen LogP contribution is -2.27. The lowest BCUT2D eigenvalue weighted by atomic mass is 10.1. The fraction of sp³-hybridized carbons (Fsp3) is 0.231. The van der Waals surface area contributed by atoms with Crippen molar-refractivity contribution in [2.24, 2.45) is 0 Å². The predicted octanol–water partition coefficient (Wildman–Crippen LogP) is 0.886. The maximum atomic E-state index is 12.0. The number of sulfone groups is 1. The Balaban J connectivity index is 2.12. The van der Waals surface area contributed by atoms with Crippen LogP contribution in [0, 0.1) is 0 Å². The van der Waals surface area contributed by atoms with Crippen LogP contribution in [-0.2, 0) is 9.84 Å². The summed E-state index contributed by atoms with van der Waals surface area (Å²) in [5, 5.41) is 8.97. The van der Waals surface area contributed by atoms with Crippen LogP contribution >= 0.6 is 0 Å². The summed E-state index contributed by atoms with van der Waals surface area (Å²) < 4.78 is 22.8. The summed E-state index contributed by atoms with van der Waals surface area (Å²) in [4.78, 5) is 12.2. The molecule has 0 aliphatic carbocycles. The summed E-state index contributed by atoms with van der Waals surface area (Å²) in [6.45, 7) is 1.79. The number of anilines is 1. The highest BCUT2D eigenvalue weighted by molar-refractivity contribution is 7.90.